The summed E-state index contributed by atoms with van der Waals surface area (Å²) < 4.78 is 34.4. The number of ether oxygens (including phenoxy) is 1. The van der Waals surface area contributed by atoms with E-state index in [0.29, 0.717) is 5.02 Å². The van der Waals surface area contributed by atoms with Crippen LogP contribution in [0.3, 0.4) is 0 Å². The molecule has 0 saturated heterocycles. The van der Waals surface area contributed by atoms with E-state index in [0.717, 1.165) is 21.9 Å². The lowest BCUT2D eigenvalue weighted by atomic mass is 10.1. The number of carbonyl (C=O) groups excluding carboxylic acids is 2. The fourth-order valence-electron chi connectivity index (χ4n) is 4.02. The van der Waals surface area contributed by atoms with Crippen molar-refractivity contribution in [2.24, 2.45) is 0 Å². The second-order valence-electron chi connectivity index (χ2n) is 9.64. The molecule has 0 bridgehead atoms. The van der Waals surface area contributed by atoms with E-state index in [4.69, 9.17) is 16.3 Å². The van der Waals surface area contributed by atoms with Gasteiger partial charge in [-0.25, -0.2) is 8.42 Å². The Labute approximate surface area is 241 Å². The molecule has 2 atom stereocenters. The molecule has 0 unspecified atom stereocenters. The Hall–Kier alpha value is -3.56. The summed E-state index contributed by atoms with van der Waals surface area (Å²) in [5.74, 6) is -0.594. The maximum atomic E-state index is 14.0. The van der Waals surface area contributed by atoms with Gasteiger partial charge in [-0.1, -0.05) is 60.5 Å². The number of methoxy groups -OCH3 is 1. The predicted octanol–water partition coefficient (Wildman–Crippen LogP) is 5.18. The summed E-state index contributed by atoms with van der Waals surface area (Å²) in [6.45, 7) is 6.85. The molecule has 0 fully saturated rings. The summed E-state index contributed by atoms with van der Waals surface area (Å²) >= 11 is 6.05. The predicted molar refractivity (Wildman–Crippen MR) is 158 cm³/mol. The monoisotopic (exact) mass is 585 g/mol. The quantitative estimate of drug-likeness (QED) is 0.316. The molecule has 3 aromatic rings. The van der Waals surface area contributed by atoms with Gasteiger partial charge in [-0.15, -0.1) is 0 Å². The van der Waals surface area contributed by atoms with Crippen LogP contribution in [0.5, 0.6) is 5.75 Å². The first-order chi connectivity index (χ1) is 19.0. The Morgan fingerprint density at radius 1 is 0.975 bits per heavy atom. The van der Waals surface area contributed by atoms with Crippen LogP contribution in [-0.2, 0) is 26.2 Å². The molecule has 3 aromatic carbocycles. The molecule has 8 nitrogen and oxygen atoms in total. The zero-order valence-electron chi connectivity index (χ0n) is 23.4. The first-order valence-electron chi connectivity index (χ1n) is 13.0. The van der Waals surface area contributed by atoms with Crippen LogP contribution in [0.15, 0.2) is 77.7 Å². The highest BCUT2D eigenvalue weighted by molar-refractivity contribution is 7.92. The SMILES string of the molecule is CC[C@@H](C)NC(=O)[C@H](C)N(Cc1ccc(Cl)cc1)C(=O)CN(c1ccccc1OC)S(=O)(=O)c1ccc(C)cc1. The van der Waals surface area contributed by atoms with Crippen LogP contribution in [0.1, 0.15) is 38.3 Å². The molecule has 40 heavy (non-hydrogen) atoms. The van der Waals surface area contributed by atoms with E-state index in [1.165, 1.54) is 24.1 Å². The minimum absolute atomic E-state index is 0.0311. The van der Waals surface area contributed by atoms with Gasteiger partial charge >= 0.3 is 0 Å². The topological polar surface area (TPSA) is 96.0 Å². The molecule has 0 heterocycles. The van der Waals surface area contributed by atoms with E-state index in [9.17, 15) is 18.0 Å². The van der Waals surface area contributed by atoms with Gasteiger partial charge in [0.05, 0.1) is 17.7 Å². The van der Waals surface area contributed by atoms with Gasteiger partial charge in [-0.05, 0) is 69.2 Å². The average Bonchev–Trinajstić information content (AvgIpc) is 2.95. The average molecular weight is 586 g/mol. The van der Waals surface area contributed by atoms with Gasteiger partial charge < -0.3 is 15.0 Å². The standard InChI is InChI=1S/C30H36ClN3O5S/c1-6-22(3)32-30(36)23(4)33(19-24-13-15-25(31)16-14-24)29(35)20-34(27-9-7-8-10-28(27)39-5)40(37,38)26-17-11-21(2)12-18-26/h7-18,22-23H,6,19-20H2,1-5H3,(H,32,36)/t22-,23+/m1/s1. The number of rotatable bonds is 12. The molecule has 0 aromatic heterocycles. The molecule has 0 radical (unpaired) electrons. The third-order valence-electron chi connectivity index (χ3n) is 6.68. The summed E-state index contributed by atoms with van der Waals surface area (Å²) in [5.41, 5.74) is 1.85. The summed E-state index contributed by atoms with van der Waals surface area (Å²) in [6.07, 6.45) is 0.722. The highest BCUT2D eigenvalue weighted by Crippen LogP contribution is 2.32. The highest BCUT2D eigenvalue weighted by Gasteiger charge is 2.34. The number of amides is 2. The van der Waals surface area contributed by atoms with Gasteiger partial charge in [0.15, 0.2) is 0 Å². The second kappa shape index (κ2) is 13.7. The number of nitrogens with zero attached hydrogens (tertiary/aromatic N) is 2. The van der Waals surface area contributed by atoms with Crippen molar-refractivity contribution in [1.82, 2.24) is 10.2 Å². The fourth-order valence-corrected chi connectivity index (χ4v) is 5.57. The zero-order valence-corrected chi connectivity index (χ0v) is 25.0. The molecule has 2 amide bonds. The minimum atomic E-state index is -4.19. The van der Waals surface area contributed by atoms with Crippen molar-refractivity contribution in [1.29, 1.82) is 0 Å². The lowest BCUT2D eigenvalue weighted by molar-refractivity contribution is -0.139. The van der Waals surface area contributed by atoms with Gasteiger partial charge in [0.25, 0.3) is 10.0 Å². The number of aryl methyl sites for hydroxylation is 1. The van der Waals surface area contributed by atoms with E-state index in [-0.39, 0.29) is 34.8 Å². The van der Waals surface area contributed by atoms with Gasteiger partial charge in [-0.2, -0.15) is 0 Å². The molecule has 10 heteroatoms. The summed E-state index contributed by atoms with van der Waals surface area (Å²) in [4.78, 5) is 28.5. The van der Waals surface area contributed by atoms with Crippen LogP contribution in [0.2, 0.25) is 5.02 Å². The number of halogens is 1. The van der Waals surface area contributed by atoms with Crippen molar-refractivity contribution in [2.75, 3.05) is 18.0 Å². The van der Waals surface area contributed by atoms with Gasteiger partial charge in [0.1, 0.15) is 18.3 Å². The van der Waals surface area contributed by atoms with E-state index in [1.807, 2.05) is 20.8 Å². The molecule has 0 aliphatic carbocycles. The van der Waals surface area contributed by atoms with Crippen LogP contribution >= 0.6 is 11.6 Å². The number of hydrogen-bond acceptors (Lipinski definition) is 5. The minimum Gasteiger partial charge on any atom is -0.495 e. The fraction of sp³-hybridized carbons (Fsp3) is 0.333. The lowest BCUT2D eigenvalue weighted by Crippen LogP contribution is -2.52. The van der Waals surface area contributed by atoms with Crippen molar-refractivity contribution in [3.8, 4) is 5.75 Å². The van der Waals surface area contributed by atoms with Crippen LogP contribution in [0.25, 0.3) is 0 Å². The van der Waals surface area contributed by atoms with Crippen LogP contribution < -0.4 is 14.4 Å². The summed E-state index contributed by atoms with van der Waals surface area (Å²) in [7, 11) is -2.76. The van der Waals surface area contributed by atoms with Crippen LogP contribution in [0, 0.1) is 6.92 Å². The van der Waals surface area contributed by atoms with Crippen molar-refractivity contribution < 1.29 is 22.7 Å². The third kappa shape index (κ3) is 7.55. The van der Waals surface area contributed by atoms with Gasteiger partial charge in [-0.3, -0.25) is 13.9 Å². The maximum Gasteiger partial charge on any atom is 0.264 e. The van der Waals surface area contributed by atoms with Gasteiger partial charge in [0.2, 0.25) is 11.8 Å². The Bertz CT molecular complexity index is 1410. The highest BCUT2D eigenvalue weighted by atomic mass is 35.5. The lowest BCUT2D eigenvalue weighted by Gasteiger charge is -2.32. The van der Waals surface area contributed by atoms with Gasteiger partial charge in [0, 0.05) is 17.6 Å². The van der Waals surface area contributed by atoms with Crippen molar-refractivity contribution in [2.45, 2.75) is 57.6 Å². The maximum absolute atomic E-state index is 14.0. The first-order valence-corrected chi connectivity index (χ1v) is 14.9. The number of nitrogens with one attached hydrogen (secondary N) is 1. The Balaban J connectivity index is 2.06. The largest absolute Gasteiger partial charge is 0.495 e. The second-order valence-corrected chi connectivity index (χ2v) is 11.9. The smallest absolute Gasteiger partial charge is 0.264 e. The third-order valence-corrected chi connectivity index (χ3v) is 8.70. The molecule has 1 N–H and O–H groups in total. The van der Waals surface area contributed by atoms with Crippen LogP contribution in [-0.4, -0.2) is 50.9 Å². The molecule has 0 aliphatic rings. The number of hydrogen-bond donors (Lipinski definition) is 1. The first kappa shape index (κ1) is 31.0. The molecular weight excluding hydrogens is 550 g/mol. The normalized spacial score (nSPS) is 12.8. The summed E-state index contributed by atoms with van der Waals surface area (Å²) in [6, 6.07) is 19.0. The van der Waals surface area contributed by atoms with E-state index in [1.54, 1.807) is 67.6 Å². The number of carbonyl (C=O) groups is 2. The van der Waals surface area contributed by atoms with E-state index in [2.05, 4.69) is 5.32 Å². The zero-order chi connectivity index (χ0) is 29.4. The Kier molecular flexibility index (Phi) is 10.6. The molecule has 3 rings (SSSR count). The van der Waals surface area contributed by atoms with E-state index >= 15 is 0 Å². The van der Waals surface area contributed by atoms with E-state index < -0.39 is 28.5 Å². The molecule has 0 spiro atoms. The van der Waals surface area contributed by atoms with Crippen molar-refractivity contribution in [3.05, 3.63) is 88.9 Å². The number of anilines is 1. The molecule has 0 aliphatic heterocycles. The Morgan fingerprint density at radius 3 is 2.20 bits per heavy atom. The Morgan fingerprint density at radius 2 is 1.60 bits per heavy atom. The van der Waals surface area contributed by atoms with Crippen molar-refractivity contribution >= 4 is 39.1 Å². The molecule has 0 saturated carbocycles. The number of para-hydroxylation sites is 2. The van der Waals surface area contributed by atoms with Crippen molar-refractivity contribution in [3.63, 3.8) is 0 Å². The number of sulfonamides is 1. The van der Waals surface area contributed by atoms with Crippen LogP contribution in [0.4, 0.5) is 5.69 Å². The number of benzene rings is 3. The summed E-state index contributed by atoms with van der Waals surface area (Å²) in [5, 5.41) is 3.46. The molecular formula is C30H36ClN3O5S. The molecule has 214 valence electrons.